The quantitative estimate of drug-likeness (QED) is 0.702. The normalized spacial score (nSPS) is 16.0. The van der Waals surface area contributed by atoms with Crippen LogP contribution in [0.15, 0.2) is 24.3 Å². The van der Waals surface area contributed by atoms with E-state index in [1.54, 1.807) is 20.8 Å². The van der Waals surface area contributed by atoms with Gasteiger partial charge in [0.15, 0.2) is 6.61 Å². The Labute approximate surface area is 162 Å². The van der Waals surface area contributed by atoms with Crippen molar-refractivity contribution in [1.82, 2.24) is 5.32 Å². The molecule has 1 atom stereocenters. The molecule has 0 spiro atoms. The van der Waals surface area contributed by atoms with Gasteiger partial charge in [-0.25, -0.2) is 0 Å². The van der Waals surface area contributed by atoms with Gasteiger partial charge in [0.05, 0.1) is 25.0 Å². The van der Waals surface area contributed by atoms with E-state index in [1.165, 1.54) is 23.3 Å². The van der Waals surface area contributed by atoms with Gasteiger partial charge in [0.1, 0.15) is 6.04 Å². The van der Waals surface area contributed by atoms with Crippen molar-refractivity contribution in [2.75, 3.05) is 45.2 Å². The lowest BCUT2D eigenvalue weighted by atomic mass is 9.97. The number of nitrogens with zero attached hydrogens (tertiary/aromatic N) is 1. The topological polar surface area (TPSA) is 63.1 Å². The van der Waals surface area contributed by atoms with Crippen LogP contribution in [0.1, 0.15) is 45.2 Å². The van der Waals surface area contributed by atoms with Crippen molar-refractivity contribution >= 4 is 17.6 Å². The molecule has 1 aromatic carbocycles. The second-order valence-electron chi connectivity index (χ2n) is 8.53. The van der Waals surface area contributed by atoms with Gasteiger partial charge in [-0.3, -0.25) is 9.59 Å². The number of amides is 1. The Morgan fingerprint density at radius 1 is 1.15 bits per heavy atom. The highest BCUT2D eigenvalue weighted by Crippen LogP contribution is 2.17. The Morgan fingerprint density at radius 3 is 2.26 bits per heavy atom. The zero-order valence-electron chi connectivity index (χ0n) is 17.3. The smallest absolute Gasteiger partial charge is 0.311 e. The van der Waals surface area contributed by atoms with E-state index >= 15 is 0 Å². The lowest BCUT2D eigenvalue weighted by molar-refractivity contribution is -0.918. The number of ether oxygens (including phenoxy) is 1. The number of nitrogens with one attached hydrogen (secondary N) is 2. The van der Waals surface area contributed by atoms with E-state index in [1.807, 2.05) is 14.1 Å². The van der Waals surface area contributed by atoms with E-state index in [-0.39, 0.29) is 24.5 Å². The molecular formula is C21H34N3O3+. The molecule has 0 aliphatic carbocycles. The van der Waals surface area contributed by atoms with Crippen molar-refractivity contribution in [1.29, 1.82) is 0 Å². The predicted octanol–water partition coefficient (Wildman–Crippen LogP) is 1.18. The van der Waals surface area contributed by atoms with E-state index in [0.717, 1.165) is 18.8 Å². The number of esters is 1. The van der Waals surface area contributed by atoms with E-state index in [9.17, 15) is 9.59 Å². The lowest BCUT2D eigenvalue weighted by Crippen LogP contribution is -3.11. The van der Waals surface area contributed by atoms with Gasteiger partial charge in [-0.2, -0.15) is 0 Å². The average Bonchev–Trinajstić information content (AvgIpc) is 3.13. The first kappa shape index (κ1) is 21.2. The van der Waals surface area contributed by atoms with Crippen molar-refractivity contribution in [3.05, 3.63) is 29.8 Å². The fraction of sp³-hybridized carbons (Fsp3) is 0.619. The molecule has 1 aliphatic rings. The molecule has 0 radical (unpaired) electrons. The summed E-state index contributed by atoms with van der Waals surface area (Å²) in [5, 5.41) is 2.95. The van der Waals surface area contributed by atoms with Gasteiger partial charge in [0.25, 0.3) is 5.91 Å². The second-order valence-corrected chi connectivity index (χ2v) is 8.53. The molecule has 1 fully saturated rings. The summed E-state index contributed by atoms with van der Waals surface area (Å²) in [6.07, 6.45) is 2.44. The van der Waals surface area contributed by atoms with Crippen LogP contribution in [-0.4, -0.2) is 52.2 Å². The van der Waals surface area contributed by atoms with Crippen LogP contribution in [0.5, 0.6) is 0 Å². The minimum Gasteiger partial charge on any atom is -0.455 e. The van der Waals surface area contributed by atoms with Crippen LogP contribution in [0.4, 0.5) is 5.69 Å². The molecule has 1 amide bonds. The van der Waals surface area contributed by atoms with Gasteiger partial charge in [0, 0.05) is 38.2 Å². The Balaban J connectivity index is 1.96. The van der Waals surface area contributed by atoms with Crippen LogP contribution in [0, 0.1) is 5.41 Å². The third-order valence-electron chi connectivity index (χ3n) is 5.00. The molecule has 0 unspecified atom stereocenters. The Bertz CT molecular complexity index is 629. The van der Waals surface area contributed by atoms with Gasteiger partial charge in [0.2, 0.25) is 0 Å². The summed E-state index contributed by atoms with van der Waals surface area (Å²) in [6, 6.07) is 8.75. The SMILES string of the molecule is CN(C)c1ccc([C@H](CNC(=O)COC(=O)C(C)(C)C)[NH+]2CCCC2)cc1. The Kier molecular flexibility index (Phi) is 7.25. The molecular weight excluding hydrogens is 342 g/mol. The van der Waals surface area contributed by atoms with Crippen LogP contribution in [0.2, 0.25) is 0 Å². The number of likely N-dealkylation sites (tertiary alicyclic amines) is 1. The number of hydrogen-bond donors (Lipinski definition) is 2. The molecule has 2 rings (SSSR count). The monoisotopic (exact) mass is 376 g/mol. The highest BCUT2D eigenvalue weighted by atomic mass is 16.5. The summed E-state index contributed by atoms with van der Waals surface area (Å²) in [5.41, 5.74) is 1.79. The molecule has 1 saturated heterocycles. The first-order valence-corrected chi connectivity index (χ1v) is 9.74. The highest BCUT2D eigenvalue weighted by molar-refractivity contribution is 5.82. The van der Waals surface area contributed by atoms with E-state index in [2.05, 4.69) is 34.5 Å². The molecule has 6 nitrogen and oxygen atoms in total. The molecule has 1 aliphatic heterocycles. The number of benzene rings is 1. The summed E-state index contributed by atoms with van der Waals surface area (Å²) < 4.78 is 5.11. The molecule has 0 aromatic heterocycles. The molecule has 27 heavy (non-hydrogen) atoms. The van der Waals surface area contributed by atoms with Crippen LogP contribution in [-0.2, 0) is 14.3 Å². The highest BCUT2D eigenvalue weighted by Gasteiger charge is 2.28. The van der Waals surface area contributed by atoms with Crippen molar-refractivity contribution < 1.29 is 19.2 Å². The summed E-state index contributed by atoms with van der Waals surface area (Å²) in [7, 11) is 4.05. The molecule has 1 heterocycles. The zero-order chi connectivity index (χ0) is 20.0. The maximum Gasteiger partial charge on any atom is 0.311 e. The predicted molar refractivity (Wildman–Crippen MR) is 107 cm³/mol. The van der Waals surface area contributed by atoms with Crippen molar-refractivity contribution in [2.45, 2.75) is 39.7 Å². The summed E-state index contributed by atoms with van der Waals surface area (Å²) in [4.78, 5) is 27.6. The van der Waals surface area contributed by atoms with Gasteiger partial charge >= 0.3 is 5.97 Å². The lowest BCUT2D eigenvalue weighted by Gasteiger charge is -2.26. The summed E-state index contributed by atoms with van der Waals surface area (Å²) >= 11 is 0. The van der Waals surface area contributed by atoms with E-state index < -0.39 is 5.41 Å². The third kappa shape index (κ3) is 6.24. The Morgan fingerprint density at radius 2 is 1.74 bits per heavy atom. The number of carbonyl (C=O) groups is 2. The van der Waals surface area contributed by atoms with Crippen LogP contribution >= 0.6 is 0 Å². The zero-order valence-corrected chi connectivity index (χ0v) is 17.3. The largest absolute Gasteiger partial charge is 0.455 e. The van der Waals surface area contributed by atoms with Crippen molar-refractivity contribution in [2.24, 2.45) is 5.41 Å². The molecule has 0 saturated carbocycles. The van der Waals surface area contributed by atoms with Crippen LogP contribution in [0.3, 0.4) is 0 Å². The fourth-order valence-electron chi connectivity index (χ4n) is 3.29. The van der Waals surface area contributed by atoms with Crippen molar-refractivity contribution in [3.8, 4) is 0 Å². The molecule has 150 valence electrons. The number of anilines is 1. The number of hydrogen-bond acceptors (Lipinski definition) is 4. The maximum atomic E-state index is 12.2. The molecule has 2 N–H and O–H groups in total. The first-order chi connectivity index (χ1) is 12.7. The van der Waals surface area contributed by atoms with Gasteiger partial charge in [-0.05, 0) is 32.9 Å². The molecule has 1 aromatic rings. The average molecular weight is 377 g/mol. The van der Waals surface area contributed by atoms with Gasteiger partial charge in [-0.15, -0.1) is 0 Å². The molecule has 0 bridgehead atoms. The fourth-order valence-corrected chi connectivity index (χ4v) is 3.29. The summed E-state index contributed by atoms with van der Waals surface area (Å²) in [6.45, 7) is 7.89. The minimum atomic E-state index is -0.600. The van der Waals surface area contributed by atoms with Crippen molar-refractivity contribution in [3.63, 3.8) is 0 Å². The standard InChI is InChI=1S/C21H33N3O3/c1-21(2,3)20(26)27-15-19(25)22-14-18(24-12-6-7-13-24)16-8-10-17(11-9-16)23(4)5/h8-11,18H,6-7,12-15H2,1-5H3,(H,22,25)/p+1/t18-/m0/s1. The second kappa shape index (κ2) is 9.22. The van der Waals surface area contributed by atoms with E-state index in [0.29, 0.717) is 6.54 Å². The number of quaternary nitrogens is 1. The number of rotatable bonds is 7. The number of carbonyl (C=O) groups excluding carboxylic acids is 2. The van der Waals surface area contributed by atoms with E-state index in [4.69, 9.17) is 4.74 Å². The first-order valence-electron chi connectivity index (χ1n) is 9.74. The summed E-state index contributed by atoms with van der Waals surface area (Å²) in [5.74, 6) is -0.611. The Hall–Kier alpha value is -2.08. The van der Waals surface area contributed by atoms with Crippen LogP contribution < -0.4 is 15.1 Å². The van der Waals surface area contributed by atoms with Crippen LogP contribution in [0.25, 0.3) is 0 Å². The van der Waals surface area contributed by atoms with Gasteiger partial charge < -0.3 is 19.9 Å². The molecule has 6 heteroatoms. The third-order valence-corrected chi connectivity index (χ3v) is 5.00. The van der Waals surface area contributed by atoms with Gasteiger partial charge in [-0.1, -0.05) is 12.1 Å². The maximum absolute atomic E-state index is 12.2. The minimum absolute atomic E-state index is 0.214.